The van der Waals surface area contributed by atoms with Gasteiger partial charge in [-0.2, -0.15) is 0 Å². The first-order chi connectivity index (χ1) is 6.73. The van der Waals surface area contributed by atoms with E-state index >= 15 is 0 Å². The molecule has 1 fully saturated rings. The number of hydrogen-bond acceptors (Lipinski definition) is 2. The van der Waals surface area contributed by atoms with Gasteiger partial charge >= 0.3 is 0 Å². The van der Waals surface area contributed by atoms with Crippen molar-refractivity contribution in [3.63, 3.8) is 0 Å². The third-order valence-electron chi connectivity index (χ3n) is 3.38. The molecule has 84 valence electrons. The van der Waals surface area contributed by atoms with E-state index in [1.165, 1.54) is 24.8 Å². The zero-order valence-electron chi connectivity index (χ0n) is 9.44. The Morgan fingerprint density at radius 3 is 2.60 bits per heavy atom. The average molecular weight is 227 g/mol. The Morgan fingerprint density at radius 1 is 1.40 bits per heavy atom. The van der Waals surface area contributed by atoms with Gasteiger partial charge in [0.15, 0.2) is 0 Å². The Hall–Kier alpha value is -0.600. The molecule has 3 heteroatoms. The Balaban J connectivity index is 0.00000112. The van der Waals surface area contributed by atoms with Gasteiger partial charge in [0.2, 0.25) is 0 Å². The van der Waals surface area contributed by atoms with Crippen LogP contribution < -0.4 is 0 Å². The molecular formula is C12H19ClN2. The van der Waals surface area contributed by atoms with Crippen molar-refractivity contribution in [3.05, 3.63) is 30.1 Å². The lowest BCUT2D eigenvalue weighted by Gasteiger charge is -2.23. The van der Waals surface area contributed by atoms with Gasteiger partial charge in [-0.05, 0) is 51.4 Å². The summed E-state index contributed by atoms with van der Waals surface area (Å²) in [6.45, 7) is 0. The van der Waals surface area contributed by atoms with Gasteiger partial charge in [0.1, 0.15) is 0 Å². The molecule has 1 aromatic rings. The van der Waals surface area contributed by atoms with Crippen molar-refractivity contribution >= 4 is 12.4 Å². The van der Waals surface area contributed by atoms with Gasteiger partial charge in [0.25, 0.3) is 0 Å². The molecule has 1 aromatic heterocycles. The molecule has 1 heterocycles. The lowest BCUT2D eigenvalue weighted by molar-refractivity contribution is 0.256. The van der Waals surface area contributed by atoms with Crippen molar-refractivity contribution in [3.8, 4) is 0 Å². The molecule has 1 saturated carbocycles. The lowest BCUT2D eigenvalue weighted by atomic mass is 10.0. The van der Waals surface area contributed by atoms with Gasteiger partial charge in [-0.15, -0.1) is 12.4 Å². The van der Waals surface area contributed by atoms with Crippen LogP contribution in [0.5, 0.6) is 0 Å². The van der Waals surface area contributed by atoms with Crippen LogP contribution in [0.3, 0.4) is 0 Å². The van der Waals surface area contributed by atoms with Gasteiger partial charge in [-0.1, -0.05) is 6.07 Å². The third-order valence-corrected chi connectivity index (χ3v) is 3.38. The summed E-state index contributed by atoms with van der Waals surface area (Å²) in [5, 5.41) is 0. The van der Waals surface area contributed by atoms with Crippen LogP contribution in [0, 0.1) is 0 Å². The van der Waals surface area contributed by atoms with Crippen LogP contribution >= 0.6 is 12.4 Å². The van der Waals surface area contributed by atoms with E-state index in [2.05, 4.69) is 30.0 Å². The molecule has 0 spiro atoms. The van der Waals surface area contributed by atoms with Crippen molar-refractivity contribution in [1.29, 1.82) is 0 Å². The molecule has 1 aliphatic carbocycles. The highest BCUT2D eigenvalue weighted by Gasteiger charge is 2.43. The van der Waals surface area contributed by atoms with Crippen molar-refractivity contribution in [2.24, 2.45) is 0 Å². The normalized spacial score (nSPS) is 17.3. The molecule has 0 amide bonds. The Labute approximate surface area is 98.1 Å². The predicted molar refractivity (Wildman–Crippen MR) is 65.5 cm³/mol. The summed E-state index contributed by atoms with van der Waals surface area (Å²) in [5.74, 6) is 0. The van der Waals surface area contributed by atoms with Crippen LogP contribution in [-0.2, 0) is 6.42 Å². The van der Waals surface area contributed by atoms with E-state index in [0.717, 1.165) is 6.42 Å². The SMILES string of the molecule is CN(C)C1(CCc2cccnc2)CC1.Cl. The molecular weight excluding hydrogens is 208 g/mol. The summed E-state index contributed by atoms with van der Waals surface area (Å²) >= 11 is 0. The van der Waals surface area contributed by atoms with E-state index in [1.807, 2.05) is 18.5 Å². The smallest absolute Gasteiger partial charge is 0.0299 e. The predicted octanol–water partition coefficient (Wildman–Crippen LogP) is 2.53. The molecule has 0 saturated heterocycles. The minimum atomic E-state index is 0. The van der Waals surface area contributed by atoms with E-state index in [0.29, 0.717) is 5.54 Å². The fourth-order valence-corrected chi connectivity index (χ4v) is 1.99. The Kier molecular flexibility index (Phi) is 4.12. The van der Waals surface area contributed by atoms with Gasteiger partial charge in [-0.25, -0.2) is 0 Å². The van der Waals surface area contributed by atoms with E-state index in [4.69, 9.17) is 0 Å². The maximum absolute atomic E-state index is 4.14. The van der Waals surface area contributed by atoms with E-state index in [9.17, 15) is 0 Å². The first-order valence-corrected chi connectivity index (χ1v) is 5.29. The molecule has 0 N–H and O–H groups in total. The Bertz CT molecular complexity index is 294. The highest BCUT2D eigenvalue weighted by molar-refractivity contribution is 5.85. The summed E-state index contributed by atoms with van der Waals surface area (Å²) in [6.07, 6.45) is 8.96. The quantitative estimate of drug-likeness (QED) is 0.785. The minimum Gasteiger partial charge on any atom is -0.304 e. The molecule has 2 nitrogen and oxygen atoms in total. The summed E-state index contributed by atoms with van der Waals surface area (Å²) < 4.78 is 0. The largest absolute Gasteiger partial charge is 0.304 e. The zero-order valence-corrected chi connectivity index (χ0v) is 10.3. The Morgan fingerprint density at radius 2 is 2.13 bits per heavy atom. The number of halogens is 1. The zero-order chi connectivity index (χ0) is 10.0. The first kappa shape index (κ1) is 12.5. The molecule has 0 bridgehead atoms. The number of aromatic nitrogens is 1. The van der Waals surface area contributed by atoms with Crippen molar-refractivity contribution in [2.75, 3.05) is 14.1 Å². The van der Waals surface area contributed by atoms with Crippen LogP contribution in [0.1, 0.15) is 24.8 Å². The topological polar surface area (TPSA) is 16.1 Å². The first-order valence-electron chi connectivity index (χ1n) is 5.29. The highest BCUT2D eigenvalue weighted by Crippen LogP contribution is 2.43. The average Bonchev–Trinajstić information content (AvgIpc) is 2.97. The number of aryl methyl sites for hydroxylation is 1. The van der Waals surface area contributed by atoms with E-state index in [1.54, 1.807) is 0 Å². The minimum absolute atomic E-state index is 0. The summed E-state index contributed by atoms with van der Waals surface area (Å²) in [4.78, 5) is 6.52. The number of pyridine rings is 1. The molecule has 0 unspecified atom stereocenters. The van der Waals surface area contributed by atoms with Gasteiger partial charge in [-0.3, -0.25) is 4.98 Å². The third kappa shape index (κ3) is 2.93. The maximum Gasteiger partial charge on any atom is 0.0299 e. The lowest BCUT2D eigenvalue weighted by Crippen LogP contribution is -2.30. The van der Waals surface area contributed by atoms with Gasteiger partial charge < -0.3 is 4.90 Å². The molecule has 0 radical (unpaired) electrons. The van der Waals surface area contributed by atoms with Gasteiger partial charge in [0.05, 0.1) is 0 Å². The van der Waals surface area contributed by atoms with Crippen LogP contribution in [0.15, 0.2) is 24.5 Å². The fraction of sp³-hybridized carbons (Fsp3) is 0.583. The standard InChI is InChI=1S/C12H18N2.ClH/c1-14(2)12(7-8-12)6-5-11-4-3-9-13-10-11;/h3-4,9-10H,5-8H2,1-2H3;1H. The molecule has 2 rings (SSSR count). The second-order valence-corrected chi connectivity index (χ2v) is 4.48. The van der Waals surface area contributed by atoms with Crippen LogP contribution in [0.2, 0.25) is 0 Å². The van der Waals surface area contributed by atoms with Crippen LogP contribution in [0.4, 0.5) is 0 Å². The highest BCUT2D eigenvalue weighted by atomic mass is 35.5. The maximum atomic E-state index is 4.14. The second kappa shape index (κ2) is 4.95. The summed E-state index contributed by atoms with van der Waals surface area (Å²) in [6, 6.07) is 4.18. The van der Waals surface area contributed by atoms with Crippen LogP contribution in [-0.4, -0.2) is 29.5 Å². The number of nitrogens with zero attached hydrogens (tertiary/aromatic N) is 2. The van der Waals surface area contributed by atoms with E-state index < -0.39 is 0 Å². The summed E-state index contributed by atoms with van der Waals surface area (Å²) in [7, 11) is 4.38. The number of rotatable bonds is 4. The van der Waals surface area contributed by atoms with Crippen molar-refractivity contribution < 1.29 is 0 Å². The summed E-state index contributed by atoms with van der Waals surface area (Å²) in [5.41, 5.74) is 1.87. The molecule has 15 heavy (non-hydrogen) atoms. The van der Waals surface area contributed by atoms with E-state index in [-0.39, 0.29) is 12.4 Å². The molecule has 0 aromatic carbocycles. The van der Waals surface area contributed by atoms with Crippen LogP contribution in [0.25, 0.3) is 0 Å². The van der Waals surface area contributed by atoms with Gasteiger partial charge in [0, 0.05) is 17.9 Å². The second-order valence-electron chi connectivity index (χ2n) is 4.48. The van der Waals surface area contributed by atoms with Crippen molar-refractivity contribution in [2.45, 2.75) is 31.2 Å². The molecule has 1 aliphatic rings. The molecule has 0 atom stereocenters. The monoisotopic (exact) mass is 226 g/mol. The number of hydrogen-bond donors (Lipinski definition) is 0. The van der Waals surface area contributed by atoms with Crippen molar-refractivity contribution in [1.82, 2.24) is 9.88 Å². The fourth-order valence-electron chi connectivity index (χ4n) is 1.99. The molecule has 0 aliphatic heterocycles.